The quantitative estimate of drug-likeness (QED) is 0.534. The molecule has 3 heteroatoms. The Kier molecular flexibility index (Phi) is 5.88. The SMILES string of the molecule is CC(C)N1CCC(NCCCC=O)CC1. The first-order valence-corrected chi connectivity index (χ1v) is 6.15. The van der Waals surface area contributed by atoms with E-state index < -0.39 is 0 Å². The summed E-state index contributed by atoms with van der Waals surface area (Å²) in [5, 5.41) is 3.53. The number of piperidine rings is 1. The Morgan fingerprint density at radius 2 is 2.07 bits per heavy atom. The lowest BCUT2D eigenvalue weighted by molar-refractivity contribution is -0.107. The van der Waals surface area contributed by atoms with Crippen molar-refractivity contribution in [1.29, 1.82) is 0 Å². The van der Waals surface area contributed by atoms with Gasteiger partial charge < -0.3 is 15.0 Å². The van der Waals surface area contributed by atoms with Gasteiger partial charge in [-0.05, 0) is 52.7 Å². The van der Waals surface area contributed by atoms with Crippen LogP contribution in [-0.2, 0) is 4.79 Å². The summed E-state index contributed by atoms with van der Waals surface area (Å²) in [4.78, 5) is 12.7. The number of likely N-dealkylation sites (tertiary alicyclic amines) is 1. The van der Waals surface area contributed by atoms with E-state index in [9.17, 15) is 4.79 Å². The molecule has 0 aromatic heterocycles. The fraction of sp³-hybridized carbons (Fsp3) is 0.917. The van der Waals surface area contributed by atoms with Gasteiger partial charge >= 0.3 is 0 Å². The van der Waals surface area contributed by atoms with Crippen LogP contribution in [0, 0.1) is 0 Å². The lowest BCUT2D eigenvalue weighted by Crippen LogP contribution is -2.45. The van der Waals surface area contributed by atoms with Crippen LogP contribution >= 0.6 is 0 Å². The van der Waals surface area contributed by atoms with Crippen LogP contribution in [0.15, 0.2) is 0 Å². The highest BCUT2D eigenvalue weighted by Crippen LogP contribution is 2.12. The molecule has 0 aliphatic carbocycles. The van der Waals surface area contributed by atoms with E-state index in [1.807, 2.05) is 0 Å². The van der Waals surface area contributed by atoms with Gasteiger partial charge in [0, 0.05) is 18.5 Å². The molecule has 88 valence electrons. The Bertz CT molecular complexity index is 174. The minimum Gasteiger partial charge on any atom is -0.314 e. The summed E-state index contributed by atoms with van der Waals surface area (Å²) >= 11 is 0. The van der Waals surface area contributed by atoms with Crippen LogP contribution in [0.25, 0.3) is 0 Å². The van der Waals surface area contributed by atoms with E-state index in [0.717, 1.165) is 19.3 Å². The van der Waals surface area contributed by atoms with Gasteiger partial charge in [-0.15, -0.1) is 0 Å². The highest BCUT2D eigenvalue weighted by molar-refractivity contribution is 5.48. The Hall–Kier alpha value is -0.410. The Balaban J connectivity index is 2.06. The van der Waals surface area contributed by atoms with Crippen LogP contribution in [0.5, 0.6) is 0 Å². The van der Waals surface area contributed by atoms with Crippen LogP contribution in [0.1, 0.15) is 39.5 Å². The first kappa shape index (κ1) is 12.7. The molecule has 0 radical (unpaired) electrons. The average Bonchev–Trinajstić information content (AvgIpc) is 2.25. The smallest absolute Gasteiger partial charge is 0.120 e. The molecule has 0 bridgehead atoms. The molecule has 1 heterocycles. The van der Waals surface area contributed by atoms with Crippen molar-refractivity contribution in [3.05, 3.63) is 0 Å². The van der Waals surface area contributed by atoms with Crippen molar-refractivity contribution in [2.24, 2.45) is 0 Å². The number of unbranched alkanes of at least 4 members (excludes halogenated alkanes) is 1. The molecule has 0 atom stereocenters. The van der Waals surface area contributed by atoms with Crippen LogP contribution in [0.3, 0.4) is 0 Å². The van der Waals surface area contributed by atoms with Crippen LogP contribution in [0.2, 0.25) is 0 Å². The van der Waals surface area contributed by atoms with Crippen molar-refractivity contribution in [3.63, 3.8) is 0 Å². The van der Waals surface area contributed by atoms with Crippen molar-refractivity contribution < 1.29 is 4.79 Å². The van der Waals surface area contributed by atoms with Crippen LogP contribution < -0.4 is 5.32 Å². The number of nitrogens with one attached hydrogen (secondary N) is 1. The standard InChI is InChI=1S/C12H24N2O/c1-11(2)14-8-5-12(6-9-14)13-7-3-4-10-15/h10-13H,3-9H2,1-2H3. The summed E-state index contributed by atoms with van der Waals surface area (Å²) in [5.41, 5.74) is 0. The molecule has 1 rings (SSSR count). The molecule has 15 heavy (non-hydrogen) atoms. The minimum absolute atomic E-state index is 0.673. The second-order valence-corrected chi connectivity index (χ2v) is 4.67. The summed E-state index contributed by atoms with van der Waals surface area (Å²) in [6.45, 7) is 7.94. The molecule has 0 aromatic rings. The second kappa shape index (κ2) is 6.96. The predicted octanol–water partition coefficient (Wildman–Crippen LogP) is 1.43. The number of hydrogen-bond donors (Lipinski definition) is 1. The minimum atomic E-state index is 0.673. The van der Waals surface area contributed by atoms with E-state index in [1.165, 1.54) is 25.9 Å². The number of carbonyl (C=O) groups is 1. The third kappa shape index (κ3) is 4.76. The maximum atomic E-state index is 10.1. The summed E-state index contributed by atoms with van der Waals surface area (Å²) in [6.07, 6.45) is 5.17. The summed E-state index contributed by atoms with van der Waals surface area (Å²) in [7, 11) is 0. The molecule has 1 aliphatic heterocycles. The normalized spacial score (nSPS) is 19.7. The maximum Gasteiger partial charge on any atom is 0.120 e. The summed E-state index contributed by atoms with van der Waals surface area (Å²) in [6, 6.07) is 1.35. The molecule has 3 nitrogen and oxygen atoms in total. The predicted molar refractivity (Wildman–Crippen MR) is 63.0 cm³/mol. The van der Waals surface area contributed by atoms with Crippen LogP contribution in [0.4, 0.5) is 0 Å². The molecule has 1 fully saturated rings. The van der Waals surface area contributed by atoms with Gasteiger partial charge in [0.25, 0.3) is 0 Å². The van der Waals surface area contributed by atoms with E-state index in [2.05, 4.69) is 24.1 Å². The molecule has 0 saturated carbocycles. The second-order valence-electron chi connectivity index (χ2n) is 4.67. The zero-order chi connectivity index (χ0) is 11.1. The molecule has 0 aromatic carbocycles. The molecule has 0 unspecified atom stereocenters. The number of nitrogens with zero attached hydrogens (tertiary/aromatic N) is 1. The zero-order valence-corrected chi connectivity index (χ0v) is 10.0. The van der Waals surface area contributed by atoms with E-state index >= 15 is 0 Å². The monoisotopic (exact) mass is 212 g/mol. The molecular formula is C12H24N2O. The molecule has 0 spiro atoms. The van der Waals surface area contributed by atoms with Gasteiger partial charge in [-0.3, -0.25) is 0 Å². The van der Waals surface area contributed by atoms with Gasteiger partial charge in [-0.25, -0.2) is 0 Å². The average molecular weight is 212 g/mol. The van der Waals surface area contributed by atoms with Crippen molar-refractivity contribution in [3.8, 4) is 0 Å². The van der Waals surface area contributed by atoms with Gasteiger partial charge in [-0.1, -0.05) is 0 Å². The number of carbonyl (C=O) groups excluding carboxylic acids is 1. The molecule has 1 saturated heterocycles. The maximum absolute atomic E-state index is 10.1. The molecule has 0 amide bonds. The van der Waals surface area contributed by atoms with E-state index in [0.29, 0.717) is 18.5 Å². The van der Waals surface area contributed by atoms with E-state index in [4.69, 9.17) is 0 Å². The third-order valence-corrected chi connectivity index (χ3v) is 3.19. The fourth-order valence-electron chi connectivity index (χ4n) is 2.11. The molecule has 1 N–H and O–H groups in total. The highest BCUT2D eigenvalue weighted by atomic mass is 16.1. The van der Waals surface area contributed by atoms with Crippen molar-refractivity contribution in [2.75, 3.05) is 19.6 Å². The topological polar surface area (TPSA) is 32.3 Å². The lowest BCUT2D eigenvalue weighted by atomic mass is 10.0. The Morgan fingerprint density at radius 1 is 1.40 bits per heavy atom. The van der Waals surface area contributed by atoms with Gasteiger partial charge in [0.05, 0.1) is 0 Å². The first-order valence-electron chi connectivity index (χ1n) is 6.15. The summed E-state index contributed by atoms with van der Waals surface area (Å²) in [5.74, 6) is 0. The van der Waals surface area contributed by atoms with Crippen LogP contribution in [-0.4, -0.2) is 42.9 Å². The molecule has 1 aliphatic rings. The third-order valence-electron chi connectivity index (χ3n) is 3.19. The summed E-state index contributed by atoms with van der Waals surface area (Å²) < 4.78 is 0. The van der Waals surface area contributed by atoms with Crippen molar-refractivity contribution >= 4 is 6.29 Å². The zero-order valence-electron chi connectivity index (χ0n) is 10.0. The van der Waals surface area contributed by atoms with E-state index in [-0.39, 0.29) is 0 Å². The lowest BCUT2D eigenvalue weighted by Gasteiger charge is -2.35. The van der Waals surface area contributed by atoms with Crippen molar-refractivity contribution in [1.82, 2.24) is 10.2 Å². The Morgan fingerprint density at radius 3 is 2.60 bits per heavy atom. The first-order chi connectivity index (χ1) is 7.24. The number of aldehydes is 1. The van der Waals surface area contributed by atoms with Gasteiger partial charge in [-0.2, -0.15) is 0 Å². The van der Waals surface area contributed by atoms with Gasteiger partial charge in [0.2, 0.25) is 0 Å². The fourth-order valence-corrected chi connectivity index (χ4v) is 2.11. The highest BCUT2D eigenvalue weighted by Gasteiger charge is 2.19. The van der Waals surface area contributed by atoms with Crippen molar-refractivity contribution in [2.45, 2.75) is 51.6 Å². The largest absolute Gasteiger partial charge is 0.314 e. The van der Waals surface area contributed by atoms with E-state index in [1.54, 1.807) is 0 Å². The van der Waals surface area contributed by atoms with Gasteiger partial charge in [0.1, 0.15) is 6.29 Å². The van der Waals surface area contributed by atoms with Gasteiger partial charge in [0.15, 0.2) is 0 Å². The number of rotatable bonds is 6. The molecular weight excluding hydrogens is 188 g/mol. The number of hydrogen-bond acceptors (Lipinski definition) is 3. The Labute approximate surface area is 93.2 Å².